The molecule has 1 heterocycles. The van der Waals surface area contributed by atoms with E-state index in [-0.39, 0.29) is 11.3 Å². The van der Waals surface area contributed by atoms with Crippen LogP contribution in [0, 0.1) is 5.41 Å². The fraction of sp³-hybridized carbons (Fsp3) is 0.692. The quantitative estimate of drug-likeness (QED) is 0.785. The number of nitrogens with one attached hydrogen (secondary N) is 1. The topological polar surface area (TPSA) is 45.2 Å². The summed E-state index contributed by atoms with van der Waals surface area (Å²) >= 11 is 7.17. The fourth-order valence-corrected chi connectivity index (χ4v) is 2.96. The van der Waals surface area contributed by atoms with Crippen LogP contribution >= 0.6 is 22.9 Å². The van der Waals surface area contributed by atoms with Crippen LogP contribution in [-0.2, 0) is 17.1 Å². The van der Waals surface area contributed by atoms with Crippen molar-refractivity contribution in [1.29, 1.82) is 0 Å². The maximum atomic E-state index is 11.9. The Kier molecular flexibility index (Phi) is 6.23. The number of aromatic nitrogens is 1. The van der Waals surface area contributed by atoms with E-state index in [0.717, 1.165) is 17.2 Å². The van der Waals surface area contributed by atoms with Gasteiger partial charge in [0.05, 0.1) is 18.0 Å². The van der Waals surface area contributed by atoms with Crippen LogP contribution in [0.2, 0.25) is 0 Å². The molecule has 0 aliphatic rings. The third kappa shape index (κ3) is 6.36. The van der Waals surface area contributed by atoms with E-state index < -0.39 is 0 Å². The molecular formula is C13H22ClN3OS. The molecule has 4 nitrogen and oxygen atoms in total. The molecular weight excluding hydrogens is 282 g/mol. The summed E-state index contributed by atoms with van der Waals surface area (Å²) < 4.78 is 0. The normalized spacial score (nSPS) is 11.9. The summed E-state index contributed by atoms with van der Waals surface area (Å²) in [6, 6.07) is 0. The molecule has 0 aromatic carbocycles. The van der Waals surface area contributed by atoms with Crippen LogP contribution < -0.4 is 5.32 Å². The van der Waals surface area contributed by atoms with Gasteiger partial charge in [-0.05, 0) is 19.5 Å². The van der Waals surface area contributed by atoms with Gasteiger partial charge in [-0.2, -0.15) is 0 Å². The van der Waals surface area contributed by atoms with E-state index in [1.165, 1.54) is 11.3 Å². The Labute approximate surface area is 124 Å². The average molecular weight is 304 g/mol. The molecule has 1 aromatic heterocycles. The number of carbonyl (C=O) groups excluding carboxylic acids is 1. The Morgan fingerprint density at radius 2 is 2.21 bits per heavy atom. The molecule has 0 saturated carbocycles. The molecule has 6 heteroatoms. The number of halogens is 1. The molecule has 0 unspecified atom stereocenters. The highest BCUT2D eigenvalue weighted by atomic mass is 35.5. The third-order valence-corrected chi connectivity index (χ3v) is 3.73. The molecule has 19 heavy (non-hydrogen) atoms. The molecule has 0 radical (unpaired) electrons. The van der Waals surface area contributed by atoms with Gasteiger partial charge in [-0.15, -0.1) is 22.9 Å². The second kappa shape index (κ2) is 7.22. The zero-order valence-electron chi connectivity index (χ0n) is 12.0. The SMILES string of the molecule is CN(C)CC(C)(C)CNC(=O)Cc1nc(CCl)cs1. The van der Waals surface area contributed by atoms with Gasteiger partial charge in [-0.3, -0.25) is 4.79 Å². The lowest BCUT2D eigenvalue weighted by atomic mass is 9.93. The Hall–Kier alpha value is -0.650. The number of thiazole rings is 1. The van der Waals surface area contributed by atoms with Crippen LogP contribution in [0.1, 0.15) is 24.5 Å². The van der Waals surface area contributed by atoms with E-state index >= 15 is 0 Å². The number of amides is 1. The molecule has 108 valence electrons. The first-order valence-corrected chi connectivity index (χ1v) is 7.64. The maximum absolute atomic E-state index is 11.9. The molecule has 1 N–H and O–H groups in total. The minimum Gasteiger partial charge on any atom is -0.355 e. The zero-order valence-corrected chi connectivity index (χ0v) is 13.6. The van der Waals surface area contributed by atoms with Crippen molar-refractivity contribution in [3.63, 3.8) is 0 Å². The molecule has 0 aliphatic carbocycles. The number of hydrogen-bond donors (Lipinski definition) is 1. The molecule has 1 rings (SSSR count). The van der Waals surface area contributed by atoms with Gasteiger partial charge in [0.1, 0.15) is 5.01 Å². The van der Waals surface area contributed by atoms with Crippen molar-refractivity contribution in [2.75, 3.05) is 27.2 Å². The lowest BCUT2D eigenvalue weighted by molar-refractivity contribution is -0.120. The van der Waals surface area contributed by atoms with Gasteiger partial charge in [0.25, 0.3) is 0 Å². The number of rotatable bonds is 7. The Morgan fingerprint density at radius 1 is 1.53 bits per heavy atom. The van der Waals surface area contributed by atoms with Crippen molar-refractivity contribution < 1.29 is 4.79 Å². The summed E-state index contributed by atoms with van der Waals surface area (Å²) in [6.45, 7) is 5.88. The number of carbonyl (C=O) groups is 1. The van der Waals surface area contributed by atoms with Crippen molar-refractivity contribution >= 4 is 28.8 Å². The molecule has 0 bridgehead atoms. The molecule has 0 saturated heterocycles. The molecule has 0 spiro atoms. The van der Waals surface area contributed by atoms with Crippen LogP contribution in [0.25, 0.3) is 0 Å². The second-order valence-electron chi connectivity index (χ2n) is 5.72. The van der Waals surface area contributed by atoms with Crippen LogP contribution in [0.5, 0.6) is 0 Å². The minimum atomic E-state index is 0.0160. The van der Waals surface area contributed by atoms with Gasteiger partial charge in [0.2, 0.25) is 5.91 Å². The van der Waals surface area contributed by atoms with Crippen LogP contribution in [-0.4, -0.2) is 43.0 Å². The highest BCUT2D eigenvalue weighted by molar-refractivity contribution is 7.09. The fourth-order valence-electron chi connectivity index (χ4n) is 1.94. The van der Waals surface area contributed by atoms with E-state index in [4.69, 9.17) is 11.6 Å². The zero-order chi connectivity index (χ0) is 14.5. The highest BCUT2D eigenvalue weighted by Gasteiger charge is 2.20. The van der Waals surface area contributed by atoms with Gasteiger partial charge in [0.15, 0.2) is 0 Å². The van der Waals surface area contributed by atoms with E-state index in [1.54, 1.807) is 0 Å². The Balaban J connectivity index is 2.39. The maximum Gasteiger partial charge on any atom is 0.226 e. The summed E-state index contributed by atoms with van der Waals surface area (Å²) in [5, 5.41) is 5.68. The summed E-state index contributed by atoms with van der Waals surface area (Å²) in [5.74, 6) is 0.413. The summed E-state index contributed by atoms with van der Waals surface area (Å²) in [4.78, 5) is 18.3. The van der Waals surface area contributed by atoms with Crippen molar-refractivity contribution in [1.82, 2.24) is 15.2 Å². The van der Waals surface area contributed by atoms with Gasteiger partial charge >= 0.3 is 0 Å². The minimum absolute atomic E-state index is 0.0160. The average Bonchev–Trinajstić information content (AvgIpc) is 2.72. The van der Waals surface area contributed by atoms with Gasteiger partial charge in [-0.25, -0.2) is 4.98 Å². The van der Waals surface area contributed by atoms with Crippen LogP contribution in [0.3, 0.4) is 0 Å². The molecule has 1 aromatic rings. The van der Waals surface area contributed by atoms with E-state index in [2.05, 4.69) is 29.0 Å². The number of hydrogen-bond acceptors (Lipinski definition) is 4. The first-order valence-electron chi connectivity index (χ1n) is 6.23. The van der Waals surface area contributed by atoms with Crippen molar-refractivity contribution in [2.24, 2.45) is 5.41 Å². The molecule has 0 aliphatic heterocycles. The summed E-state index contributed by atoms with van der Waals surface area (Å²) in [5.41, 5.74) is 0.894. The number of nitrogens with zero attached hydrogens (tertiary/aromatic N) is 2. The van der Waals surface area contributed by atoms with Crippen LogP contribution in [0.4, 0.5) is 0 Å². The lowest BCUT2D eigenvalue weighted by Gasteiger charge is -2.28. The van der Waals surface area contributed by atoms with Gasteiger partial charge in [-0.1, -0.05) is 13.8 Å². The first-order chi connectivity index (χ1) is 8.82. The lowest BCUT2D eigenvalue weighted by Crippen LogP contribution is -2.40. The van der Waals surface area contributed by atoms with Gasteiger partial charge in [0, 0.05) is 18.5 Å². The summed E-state index contributed by atoms with van der Waals surface area (Å²) in [6.07, 6.45) is 0.333. The Morgan fingerprint density at radius 3 is 2.74 bits per heavy atom. The Bertz CT molecular complexity index is 418. The predicted octanol–water partition coefficient (Wildman–Crippen LogP) is 2.13. The monoisotopic (exact) mass is 303 g/mol. The molecule has 0 fully saturated rings. The molecule has 1 amide bonds. The van der Waals surface area contributed by atoms with E-state index in [1.807, 2.05) is 19.5 Å². The van der Waals surface area contributed by atoms with E-state index in [0.29, 0.717) is 18.8 Å². The first kappa shape index (κ1) is 16.4. The standard InChI is InChI=1S/C13H22ClN3OS/c1-13(2,9-17(3)4)8-15-11(18)5-12-16-10(6-14)7-19-12/h7H,5-6,8-9H2,1-4H3,(H,15,18). The van der Waals surface area contributed by atoms with Gasteiger partial charge < -0.3 is 10.2 Å². The summed E-state index contributed by atoms with van der Waals surface area (Å²) in [7, 11) is 4.07. The predicted molar refractivity (Wildman–Crippen MR) is 80.7 cm³/mol. The van der Waals surface area contributed by atoms with Crippen molar-refractivity contribution in [3.05, 3.63) is 16.1 Å². The van der Waals surface area contributed by atoms with E-state index in [9.17, 15) is 4.79 Å². The third-order valence-electron chi connectivity index (χ3n) is 2.56. The second-order valence-corrected chi connectivity index (χ2v) is 6.93. The largest absolute Gasteiger partial charge is 0.355 e. The molecule has 0 atom stereocenters. The number of alkyl halides is 1. The van der Waals surface area contributed by atoms with Crippen LogP contribution in [0.15, 0.2) is 5.38 Å². The smallest absolute Gasteiger partial charge is 0.226 e. The van der Waals surface area contributed by atoms with Crippen molar-refractivity contribution in [3.8, 4) is 0 Å². The van der Waals surface area contributed by atoms with Crippen molar-refractivity contribution in [2.45, 2.75) is 26.1 Å². The highest BCUT2D eigenvalue weighted by Crippen LogP contribution is 2.15.